The van der Waals surface area contributed by atoms with Gasteiger partial charge < -0.3 is 14.6 Å². The number of benzene rings is 1. The highest BCUT2D eigenvalue weighted by molar-refractivity contribution is 5.77. The second-order valence-electron chi connectivity index (χ2n) is 5.50. The summed E-state index contributed by atoms with van der Waals surface area (Å²) in [7, 11) is 0. The maximum absolute atomic E-state index is 5.65. The van der Waals surface area contributed by atoms with Crippen LogP contribution < -0.4 is 5.32 Å². The summed E-state index contributed by atoms with van der Waals surface area (Å²) in [6.07, 6.45) is 3.27. The first-order valence-electron chi connectivity index (χ1n) is 7.67. The number of hydrogen-bond acceptors (Lipinski definition) is 4. The molecule has 0 spiro atoms. The zero-order chi connectivity index (χ0) is 13.9. The largest absolute Gasteiger partial charge is 0.441 e. The van der Waals surface area contributed by atoms with Gasteiger partial charge in [0.15, 0.2) is 11.5 Å². The van der Waals surface area contributed by atoms with E-state index in [1.807, 2.05) is 6.07 Å². The van der Waals surface area contributed by atoms with E-state index >= 15 is 0 Å². The molecular weight excluding hydrogens is 250 g/mol. The molecule has 0 amide bonds. The van der Waals surface area contributed by atoms with Crippen molar-refractivity contribution < 1.29 is 4.42 Å². The predicted octanol–water partition coefficient (Wildman–Crippen LogP) is 3.29. The monoisotopic (exact) mass is 273 g/mol. The Morgan fingerprint density at radius 3 is 2.80 bits per heavy atom. The molecule has 1 aliphatic heterocycles. The number of anilines is 1. The summed E-state index contributed by atoms with van der Waals surface area (Å²) in [5.41, 5.74) is 2.99. The van der Waals surface area contributed by atoms with E-state index < -0.39 is 0 Å². The molecule has 1 N–H and O–H groups in total. The van der Waals surface area contributed by atoms with Crippen LogP contribution in [0.1, 0.15) is 32.6 Å². The molecule has 1 fully saturated rings. The lowest BCUT2D eigenvalue weighted by Gasteiger charge is -2.32. The van der Waals surface area contributed by atoms with Gasteiger partial charge >= 0.3 is 0 Å². The lowest BCUT2D eigenvalue weighted by atomic mass is 10.0. The average molecular weight is 273 g/mol. The van der Waals surface area contributed by atoms with Crippen molar-refractivity contribution in [3.63, 3.8) is 0 Å². The van der Waals surface area contributed by atoms with Gasteiger partial charge in [0.05, 0.1) is 0 Å². The third-order valence-electron chi connectivity index (χ3n) is 4.14. The first-order valence-corrected chi connectivity index (χ1v) is 7.67. The van der Waals surface area contributed by atoms with Crippen molar-refractivity contribution in [2.75, 3.05) is 25.0 Å². The van der Waals surface area contributed by atoms with E-state index in [1.54, 1.807) is 0 Å². The SMILES string of the molecule is CCc1nc2cc(NC3CCN(CC)CC3)ccc2o1. The minimum absolute atomic E-state index is 0.577. The molecule has 0 radical (unpaired) electrons. The van der Waals surface area contributed by atoms with E-state index in [0.717, 1.165) is 35.6 Å². The van der Waals surface area contributed by atoms with E-state index in [0.29, 0.717) is 6.04 Å². The van der Waals surface area contributed by atoms with Gasteiger partial charge in [-0.15, -0.1) is 0 Å². The van der Waals surface area contributed by atoms with Gasteiger partial charge in [-0.3, -0.25) is 0 Å². The highest BCUT2D eigenvalue weighted by atomic mass is 16.3. The summed E-state index contributed by atoms with van der Waals surface area (Å²) >= 11 is 0. The average Bonchev–Trinajstić information content (AvgIpc) is 2.90. The fraction of sp³-hybridized carbons (Fsp3) is 0.562. The van der Waals surface area contributed by atoms with Crippen LogP contribution in [0, 0.1) is 0 Å². The van der Waals surface area contributed by atoms with E-state index in [9.17, 15) is 0 Å². The molecule has 4 nitrogen and oxygen atoms in total. The molecule has 0 atom stereocenters. The number of piperidine rings is 1. The Labute approximate surface area is 120 Å². The first-order chi connectivity index (χ1) is 9.78. The minimum atomic E-state index is 0.577. The zero-order valence-corrected chi connectivity index (χ0v) is 12.4. The number of aryl methyl sites for hydroxylation is 1. The van der Waals surface area contributed by atoms with Gasteiger partial charge in [0.1, 0.15) is 5.52 Å². The minimum Gasteiger partial charge on any atom is -0.441 e. The number of hydrogen-bond donors (Lipinski definition) is 1. The van der Waals surface area contributed by atoms with Crippen LogP contribution in [0.15, 0.2) is 22.6 Å². The van der Waals surface area contributed by atoms with Crippen molar-refractivity contribution in [3.05, 3.63) is 24.1 Å². The van der Waals surface area contributed by atoms with Crippen LogP contribution in [0.25, 0.3) is 11.1 Å². The van der Waals surface area contributed by atoms with Gasteiger partial charge in [-0.05, 0) is 37.6 Å². The van der Waals surface area contributed by atoms with Gasteiger partial charge in [-0.1, -0.05) is 13.8 Å². The van der Waals surface area contributed by atoms with Crippen molar-refractivity contribution in [2.24, 2.45) is 0 Å². The number of nitrogens with one attached hydrogen (secondary N) is 1. The topological polar surface area (TPSA) is 41.3 Å². The quantitative estimate of drug-likeness (QED) is 0.928. The van der Waals surface area contributed by atoms with Gasteiger partial charge in [-0.2, -0.15) is 0 Å². The Kier molecular flexibility index (Phi) is 3.92. The van der Waals surface area contributed by atoms with Crippen LogP contribution in [0.5, 0.6) is 0 Å². The molecule has 0 aliphatic carbocycles. The summed E-state index contributed by atoms with van der Waals surface area (Å²) in [4.78, 5) is 7.00. The van der Waals surface area contributed by atoms with Gasteiger partial charge in [-0.25, -0.2) is 4.98 Å². The number of nitrogens with zero attached hydrogens (tertiary/aromatic N) is 2. The van der Waals surface area contributed by atoms with E-state index in [4.69, 9.17) is 4.42 Å². The highest BCUT2D eigenvalue weighted by Crippen LogP contribution is 2.22. The van der Waals surface area contributed by atoms with E-state index in [1.165, 1.54) is 25.9 Å². The molecule has 1 aromatic heterocycles. The zero-order valence-electron chi connectivity index (χ0n) is 12.4. The van der Waals surface area contributed by atoms with Gasteiger partial charge in [0, 0.05) is 31.2 Å². The Bertz CT molecular complexity index is 570. The number of aromatic nitrogens is 1. The molecule has 20 heavy (non-hydrogen) atoms. The maximum Gasteiger partial charge on any atom is 0.195 e. The molecule has 2 aromatic rings. The normalized spacial score (nSPS) is 17.7. The van der Waals surface area contributed by atoms with E-state index in [2.05, 4.69) is 41.2 Å². The Hall–Kier alpha value is -1.55. The third-order valence-corrected chi connectivity index (χ3v) is 4.14. The van der Waals surface area contributed by atoms with Crippen LogP contribution in [0.2, 0.25) is 0 Å². The van der Waals surface area contributed by atoms with E-state index in [-0.39, 0.29) is 0 Å². The number of rotatable bonds is 4. The van der Waals surface area contributed by atoms with Crippen LogP contribution in [-0.4, -0.2) is 35.6 Å². The second-order valence-corrected chi connectivity index (χ2v) is 5.50. The van der Waals surface area contributed by atoms with Crippen LogP contribution >= 0.6 is 0 Å². The molecule has 1 aromatic carbocycles. The Morgan fingerprint density at radius 1 is 1.30 bits per heavy atom. The summed E-state index contributed by atoms with van der Waals surface area (Å²) < 4.78 is 5.65. The summed E-state index contributed by atoms with van der Waals surface area (Å²) in [5, 5.41) is 3.64. The van der Waals surface area contributed by atoms with Crippen molar-refractivity contribution in [3.8, 4) is 0 Å². The Balaban J connectivity index is 1.68. The molecule has 0 saturated carbocycles. The standard InChI is InChI=1S/C16H23N3O/c1-3-16-18-14-11-13(5-6-15(14)20-16)17-12-7-9-19(4-2)10-8-12/h5-6,11-12,17H,3-4,7-10H2,1-2H3. The third kappa shape index (κ3) is 2.80. The van der Waals surface area contributed by atoms with Crippen LogP contribution in [-0.2, 0) is 6.42 Å². The molecule has 0 bridgehead atoms. The molecular formula is C16H23N3O. The summed E-state index contributed by atoms with van der Waals surface area (Å²) in [6.45, 7) is 7.85. The van der Waals surface area contributed by atoms with Gasteiger partial charge in [0.25, 0.3) is 0 Å². The predicted molar refractivity (Wildman–Crippen MR) is 82.1 cm³/mol. The smallest absolute Gasteiger partial charge is 0.195 e. The Morgan fingerprint density at radius 2 is 2.10 bits per heavy atom. The molecule has 3 rings (SSSR count). The van der Waals surface area contributed by atoms with Gasteiger partial charge in [0.2, 0.25) is 0 Å². The number of fused-ring (bicyclic) bond motifs is 1. The second kappa shape index (κ2) is 5.83. The van der Waals surface area contributed by atoms with Crippen molar-refractivity contribution in [2.45, 2.75) is 39.2 Å². The molecule has 1 aliphatic rings. The van der Waals surface area contributed by atoms with Crippen molar-refractivity contribution in [1.29, 1.82) is 0 Å². The first kappa shape index (κ1) is 13.4. The highest BCUT2D eigenvalue weighted by Gasteiger charge is 2.18. The number of likely N-dealkylation sites (tertiary alicyclic amines) is 1. The lowest BCUT2D eigenvalue weighted by Crippen LogP contribution is -2.38. The molecule has 1 saturated heterocycles. The van der Waals surface area contributed by atoms with Crippen molar-refractivity contribution >= 4 is 16.8 Å². The lowest BCUT2D eigenvalue weighted by molar-refractivity contribution is 0.229. The number of oxazole rings is 1. The van der Waals surface area contributed by atoms with Crippen LogP contribution in [0.3, 0.4) is 0 Å². The molecule has 2 heterocycles. The fourth-order valence-corrected chi connectivity index (χ4v) is 2.85. The van der Waals surface area contributed by atoms with Crippen molar-refractivity contribution in [1.82, 2.24) is 9.88 Å². The molecule has 108 valence electrons. The molecule has 0 unspecified atom stereocenters. The van der Waals surface area contributed by atoms with Crippen LogP contribution in [0.4, 0.5) is 5.69 Å². The fourth-order valence-electron chi connectivity index (χ4n) is 2.85. The summed E-state index contributed by atoms with van der Waals surface area (Å²) in [5.74, 6) is 0.813. The molecule has 4 heteroatoms. The maximum atomic E-state index is 5.65. The summed E-state index contributed by atoms with van der Waals surface area (Å²) in [6, 6.07) is 6.79.